The second-order valence-electron chi connectivity index (χ2n) is 4.29. The molecule has 0 aliphatic heterocycles. The number of halogens is 1. The minimum Gasteiger partial charge on any atom is -0.378 e. The van der Waals surface area contributed by atoms with Gasteiger partial charge in [0.25, 0.3) is 0 Å². The van der Waals surface area contributed by atoms with Crippen LogP contribution in [0.25, 0.3) is 0 Å². The Balaban J connectivity index is 0.00000144. The van der Waals surface area contributed by atoms with Gasteiger partial charge in [0.15, 0.2) is 0 Å². The average Bonchev–Trinajstić information content (AvgIpc) is 2.96. The Bertz CT molecular complexity index is 276. The Labute approximate surface area is 113 Å². The molecular weight excluding hydrogens is 256 g/mol. The summed E-state index contributed by atoms with van der Waals surface area (Å²) in [5.41, 5.74) is 3.02. The molecule has 1 fully saturated rings. The number of thiazole rings is 1. The largest absolute Gasteiger partial charge is 0.378 e. The third kappa shape index (κ3) is 5.82. The van der Waals surface area contributed by atoms with Gasteiger partial charge >= 0.3 is 0 Å². The standard InChI is InChI=1S/C12H20N2OS.ClH/c1-2-5-12(4-1)15-7-3-6-13-8-11-9-16-10-14-11;/h9-10,12-13H,1-8H2;1H. The van der Waals surface area contributed by atoms with Crippen molar-refractivity contribution in [1.82, 2.24) is 10.3 Å². The molecule has 98 valence electrons. The molecule has 0 amide bonds. The fourth-order valence-corrected chi connectivity index (χ4v) is 2.60. The molecule has 17 heavy (non-hydrogen) atoms. The maximum absolute atomic E-state index is 5.79. The summed E-state index contributed by atoms with van der Waals surface area (Å²) in [5, 5.41) is 5.46. The molecule has 2 rings (SSSR count). The van der Waals surface area contributed by atoms with Crippen molar-refractivity contribution < 1.29 is 4.74 Å². The van der Waals surface area contributed by atoms with Gasteiger partial charge in [-0.25, -0.2) is 4.98 Å². The zero-order chi connectivity index (χ0) is 11.1. The van der Waals surface area contributed by atoms with Crippen molar-refractivity contribution in [2.45, 2.75) is 44.8 Å². The van der Waals surface area contributed by atoms with E-state index in [9.17, 15) is 0 Å². The van der Waals surface area contributed by atoms with Crippen LogP contribution in [0.5, 0.6) is 0 Å². The quantitative estimate of drug-likeness (QED) is 0.778. The van der Waals surface area contributed by atoms with E-state index in [1.165, 1.54) is 25.7 Å². The Morgan fingerprint density at radius 2 is 2.24 bits per heavy atom. The van der Waals surface area contributed by atoms with E-state index in [0.29, 0.717) is 6.10 Å². The van der Waals surface area contributed by atoms with Crippen molar-refractivity contribution in [3.8, 4) is 0 Å². The minimum absolute atomic E-state index is 0. The van der Waals surface area contributed by atoms with Crippen molar-refractivity contribution in [2.24, 2.45) is 0 Å². The lowest BCUT2D eigenvalue weighted by molar-refractivity contribution is 0.0568. The van der Waals surface area contributed by atoms with Crippen LogP contribution in [-0.4, -0.2) is 24.2 Å². The lowest BCUT2D eigenvalue weighted by atomic mass is 10.3. The highest BCUT2D eigenvalue weighted by atomic mass is 35.5. The second kappa shape index (κ2) is 8.86. The molecule has 1 aromatic rings. The van der Waals surface area contributed by atoms with Crippen molar-refractivity contribution in [3.63, 3.8) is 0 Å². The van der Waals surface area contributed by atoms with E-state index < -0.39 is 0 Å². The fraction of sp³-hybridized carbons (Fsp3) is 0.750. The van der Waals surface area contributed by atoms with E-state index in [0.717, 1.165) is 31.8 Å². The van der Waals surface area contributed by atoms with E-state index in [1.807, 2.05) is 5.51 Å². The molecule has 0 atom stereocenters. The van der Waals surface area contributed by atoms with Crippen LogP contribution in [0.2, 0.25) is 0 Å². The van der Waals surface area contributed by atoms with Crippen molar-refractivity contribution >= 4 is 23.7 Å². The van der Waals surface area contributed by atoms with Crippen molar-refractivity contribution in [3.05, 3.63) is 16.6 Å². The predicted octanol–water partition coefficient (Wildman–Crippen LogP) is 3.00. The molecule has 0 radical (unpaired) electrons. The van der Waals surface area contributed by atoms with Gasteiger partial charge in [0, 0.05) is 18.5 Å². The van der Waals surface area contributed by atoms with Gasteiger partial charge in [-0.15, -0.1) is 23.7 Å². The average molecular weight is 277 g/mol. The van der Waals surface area contributed by atoms with Gasteiger partial charge in [-0.05, 0) is 25.8 Å². The summed E-state index contributed by atoms with van der Waals surface area (Å²) in [5.74, 6) is 0. The predicted molar refractivity (Wildman–Crippen MR) is 73.9 cm³/mol. The molecule has 0 saturated heterocycles. The summed E-state index contributed by atoms with van der Waals surface area (Å²) in [6, 6.07) is 0. The van der Waals surface area contributed by atoms with Gasteiger partial charge in [-0.3, -0.25) is 0 Å². The second-order valence-corrected chi connectivity index (χ2v) is 5.01. The highest BCUT2D eigenvalue weighted by molar-refractivity contribution is 7.07. The first-order valence-corrected chi connectivity index (χ1v) is 7.09. The Kier molecular flexibility index (Phi) is 7.77. The van der Waals surface area contributed by atoms with Gasteiger partial charge in [-0.1, -0.05) is 12.8 Å². The van der Waals surface area contributed by atoms with Gasteiger partial charge < -0.3 is 10.1 Å². The highest BCUT2D eigenvalue weighted by Gasteiger charge is 2.14. The van der Waals surface area contributed by atoms with Crippen LogP contribution in [-0.2, 0) is 11.3 Å². The SMILES string of the molecule is Cl.c1nc(CNCCCOC2CCCC2)cs1. The normalized spacial score (nSPS) is 16.0. The fourth-order valence-electron chi connectivity index (χ4n) is 2.04. The molecule has 0 spiro atoms. The first kappa shape index (κ1) is 14.9. The maximum atomic E-state index is 5.79. The van der Waals surface area contributed by atoms with Crippen LogP contribution < -0.4 is 5.32 Å². The number of ether oxygens (including phenoxy) is 1. The molecule has 1 aliphatic rings. The number of hydrogen-bond donors (Lipinski definition) is 1. The highest BCUT2D eigenvalue weighted by Crippen LogP contribution is 2.20. The Morgan fingerprint density at radius 1 is 1.41 bits per heavy atom. The summed E-state index contributed by atoms with van der Waals surface area (Å²) < 4.78 is 5.79. The zero-order valence-corrected chi connectivity index (χ0v) is 11.7. The number of nitrogens with zero attached hydrogens (tertiary/aromatic N) is 1. The number of rotatable bonds is 7. The van der Waals surface area contributed by atoms with Crippen LogP contribution in [0.1, 0.15) is 37.8 Å². The first-order chi connectivity index (χ1) is 7.95. The van der Waals surface area contributed by atoms with Crippen molar-refractivity contribution in [1.29, 1.82) is 0 Å². The van der Waals surface area contributed by atoms with E-state index in [2.05, 4.69) is 15.7 Å². The lowest BCUT2D eigenvalue weighted by Gasteiger charge is -2.10. The Morgan fingerprint density at radius 3 is 2.94 bits per heavy atom. The number of hydrogen-bond acceptors (Lipinski definition) is 4. The number of aromatic nitrogens is 1. The molecule has 1 aromatic heterocycles. The van der Waals surface area contributed by atoms with Crippen LogP contribution in [0.15, 0.2) is 10.9 Å². The molecule has 1 N–H and O–H groups in total. The molecule has 0 bridgehead atoms. The zero-order valence-electron chi connectivity index (χ0n) is 10.1. The molecule has 0 unspecified atom stereocenters. The topological polar surface area (TPSA) is 34.2 Å². The molecule has 3 nitrogen and oxygen atoms in total. The van der Waals surface area contributed by atoms with Gasteiger partial charge in [0.2, 0.25) is 0 Å². The molecule has 0 aromatic carbocycles. The van der Waals surface area contributed by atoms with E-state index in [4.69, 9.17) is 4.74 Å². The summed E-state index contributed by atoms with van der Waals surface area (Å²) in [6.45, 7) is 2.80. The van der Waals surface area contributed by atoms with E-state index in [1.54, 1.807) is 11.3 Å². The van der Waals surface area contributed by atoms with E-state index >= 15 is 0 Å². The maximum Gasteiger partial charge on any atom is 0.0795 e. The van der Waals surface area contributed by atoms with Crippen molar-refractivity contribution in [2.75, 3.05) is 13.2 Å². The van der Waals surface area contributed by atoms with E-state index in [-0.39, 0.29) is 12.4 Å². The molecule has 1 heterocycles. The smallest absolute Gasteiger partial charge is 0.0795 e. The molecule has 1 aliphatic carbocycles. The Hall–Kier alpha value is -0.160. The van der Waals surface area contributed by atoms with Crippen LogP contribution >= 0.6 is 23.7 Å². The summed E-state index contributed by atoms with van der Waals surface area (Å²) in [7, 11) is 0. The first-order valence-electron chi connectivity index (χ1n) is 6.14. The van der Waals surface area contributed by atoms with Gasteiger partial charge in [0.1, 0.15) is 0 Å². The van der Waals surface area contributed by atoms with Crippen LogP contribution in [0.3, 0.4) is 0 Å². The molecule has 5 heteroatoms. The minimum atomic E-state index is 0. The van der Waals surface area contributed by atoms with Crippen LogP contribution in [0, 0.1) is 0 Å². The van der Waals surface area contributed by atoms with Gasteiger partial charge in [0.05, 0.1) is 17.3 Å². The van der Waals surface area contributed by atoms with Crippen LogP contribution in [0.4, 0.5) is 0 Å². The summed E-state index contributed by atoms with van der Waals surface area (Å²) in [4.78, 5) is 4.22. The third-order valence-electron chi connectivity index (χ3n) is 2.94. The lowest BCUT2D eigenvalue weighted by Crippen LogP contribution is -2.18. The third-order valence-corrected chi connectivity index (χ3v) is 3.58. The molecular formula is C12H21ClN2OS. The number of nitrogens with one attached hydrogen (secondary N) is 1. The monoisotopic (exact) mass is 276 g/mol. The summed E-state index contributed by atoms with van der Waals surface area (Å²) >= 11 is 1.65. The molecule has 1 saturated carbocycles. The van der Waals surface area contributed by atoms with Gasteiger partial charge in [-0.2, -0.15) is 0 Å². The summed E-state index contributed by atoms with van der Waals surface area (Å²) in [6.07, 6.45) is 6.90.